The summed E-state index contributed by atoms with van der Waals surface area (Å²) < 4.78 is 0. The molecule has 0 aromatic heterocycles. The smallest absolute Gasteiger partial charge is 0.145 e. The first-order valence-corrected chi connectivity index (χ1v) is 8.96. The molecule has 0 aliphatic heterocycles. The Bertz CT molecular complexity index is 238. The van der Waals surface area contributed by atoms with Gasteiger partial charge in [0.25, 0.3) is 0 Å². The van der Waals surface area contributed by atoms with Crippen molar-refractivity contribution in [1.82, 2.24) is 0 Å². The molecular weight excluding hydrogens is 244 g/mol. The van der Waals surface area contributed by atoms with Crippen molar-refractivity contribution in [3.05, 3.63) is 11.1 Å². The zero-order valence-corrected chi connectivity index (χ0v) is 14.2. The van der Waals surface area contributed by atoms with E-state index in [0.29, 0.717) is 0 Å². The van der Waals surface area contributed by atoms with Crippen LogP contribution in [0.2, 0.25) is 0 Å². The monoisotopic (exact) mass is 280 g/mol. The van der Waals surface area contributed by atoms with Gasteiger partial charge in [-0.1, -0.05) is 71.3 Å². The Morgan fingerprint density at radius 1 is 0.650 bits per heavy atom. The summed E-state index contributed by atoms with van der Waals surface area (Å²) in [6, 6.07) is 0. The molecule has 0 rings (SSSR count). The largest absolute Gasteiger partial charge is 0.298 e. The molecule has 0 amide bonds. The van der Waals surface area contributed by atoms with Gasteiger partial charge in [-0.15, -0.1) is 0 Å². The second-order valence-corrected chi connectivity index (χ2v) is 5.97. The average Bonchev–Trinajstić information content (AvgIpc) is 2.47. The van der Waals surface area contributed by atoms with Crippen LogP contribution < -0.4 is 0 Å². The lowest BCUT2D eigenvalue weighted by Crippen LogP contribution is -1.96. The molecule has 0 heterocycles. The summed E-state index contributed by atoms with van der Waals surface area (Å²) in [5.74, 6) is 0. The van der Waals surface area contributed by atoms with E-state index in [2.05, 4.69) is 20.8 Å². The molecule has 20 heavy (non-hydrogen) atoms. The Hall–Kier alpha value is -0.590. The molecule has 0 aromatic rings. The molecule has 0 fully saturated rings. The summed E-state index contributed by atoms with van der Waals surface area (Å²) in [5, 5.41) is 0. The predicted octanol–water partition coefficient (Wildman–Crippen LogP) is 6.61. The van der Waals surface area contributed by atoms with Crippen LogP contribution in [0.3, 0.4) is 0 Å². The molecule has 1 nitrogen and oxygen atoms in total. The highest BCUT2D eigenvalue weighted by molar-refractivity contribution is 5.74. The third-order valence-electron chi connectivity index (χ3n) is 4.06. The van der Waals surface area contributed by atoms with Crippen molar-refractivity contribution in [1.29, 1.82) is 0 Å². The number of rotatable bonds is 14. The average molecular weight is 280 g/mol. The SMILES string of the molecule is CCCCCCC(CCCCCC)=C(C=O)CCCC. The highest BCUT2D eigenvalue weighted by atomic mass is 16.1. The Morgan fingerprint density at radius 2 is 1.15 bits per heavy atom. The zero-order valence-electron chi connectivity index (χ0n) is 14.2. The third kappa shape index (κ3) is 10.2. The number of hydrogen-bond donors (Lipinski definition) is 0. The van der Waals surface area contributed by atoms with E-state index in [-0.39, 0.29) is 0 Å². The number of hydrogen-bond acceptors (Lipinski definition) is 1. The van der Waals surface area contributed by atoms with Gasteiger partial charge in [-0.25, -0.2) is 0 Å². The van der Waals surface area contributed by atoms with Crippen molar-refractivity contribution in [2.75, 3.05) is 0 Å². The Kier molecular flexibility index (Phi) is 14.4. The van der Waals surface area contributed by atoms with Gasteiger partial charge in [0.1, 0.15) is 6.29 Å². The summed E-state index contributed by atoms with van der Waals surface area (Å²) in [6.45, 7) is 6.70. The van der Waals surface area contributed by atoms with Crippen LogP contribution in [0, 0.1) is 0 Å². The van der Waals surface area contributed by atoms with Crippen LogP contribution in [0.25, 0.3) is 0 Å². The van der Waals surface area contributed by atoms with Gasteiger partial charge in [-0.3, -0.25) is 4.79 Å². The third-order valence-corrected chi connectivity index (χ3v) is 4.06. The molecule has 0 aliphatic carbocycles. The predicted molar refractivity (Wildman–Crippen MR) is 90.1 cm³/mol. The summed E-state index contributed by atoms with van der Waals surface area (Å²) in [5.41, 5.74) is 2.60. The van der Waals surface area contributed by atoms with Gasteiger partial charge in [-0.2, -0.15) is 0 Å². The van der Waals surface area contributed by atoms with E-state index in [0.717, 1.165) is 37.5 Å². The minimum atomic E-state index is 0.997. The van der Waals surface area contributed by atoms with E-state index < -0.39 is 0 Å². The Balaban J connectivity index is 4.39. The maximum atomic E-state index is 11.4. The van der Waals surface area contributed by atoms with Gasteiger partial charge < -0.3 is 0 Å². The lowest BCUT2D eigenvalue weighted by atomic mass is 9.94. The summed E-state index contributed by atoms with van der Waals surface area (Å²) >= 11 is 0. The Morgan fingerprint density at radius 3 is 1.55 bits per heavy atom. The molecule has 0 atom stereocenters. The first kappa shape index (κ1) is 19.4. The van der Waals surface area contributed by atoms with Gasteiger partial charge in [0, 0.05) is 0 Å². The molecule has 0 unspecified atom stereocenters. The molecular formula is C19H36O. The van der Waals surface area contributed by atoms with Gasteiger partial charge in [0.2, 0.25) is 0 Å². The molecule has 0 spiro atoms. The van der Waals surface area contributed by atoms with Gasteiger partial charge in [-0.05, 0) is 44.1 Å². The topological polar surface area (TPSA) is 17.1 Å². The minimum absolute atomic E-state index is 0.997. The molecule has 0 radical (unpaired) electrons. The van der Waals surface area contributed by atoms with Crippen LogP contribution in [0.15, 0.2) is 11.1 Å². The molecule has 0 aliphatic rings. The van der Waals surface area contributed by atoms with Crippen LogP contribution in [0.5, 0.6) is 0 Å². The number of carbonyl (C=O) groups is 1. The summed E-state index contributed by atoms with van der Waals surface area (Å²) in [6.07, 6.45) is 17.2. The first-order chi connectivity index (χ1) is 9.79. The van der Waals surface area contributed by atoms with Crippen molar-refractivity contribution in [2.45, 2.75) is 104 Å². The fourth-order valence-electron chi connectivity index (χ4n) is 2.66. The molecule has 0 bridgehead atoms. The fourth-order valence-corrected chi connectivity index (χ4v) is 2.66. The van der Waals surface area contributed by atoms with E-state index >= 15 is 0 Å². The maximum Gasteiger partial charge on any atom is 0.145 e. The van der Waals surface area contributed by atoms with Gasteiger partial charge in [0.05, 0.1) is 0 Å². The standard InChI is InChI=1S/C19H36O/c1-4-7-10-12-15-18(16-13-11-8-5-2)19(17-20)14-9-6-3/h17H,4-16H2,1-3H3. The van der Waals surface area contributed by atoms with Crippen molar-refractivity contribution < 1.29 is 4.79 Å². The second kappa shape index (κ2) is 14.8. The molecule has 0 N–H and O–H groups in total. The van der Waals surface area contributed by atoms with Crippen LogP contribution in [0.1, 0.15) is 104 Å². The van der Waals surface area contributed by atoms with Crippen LogP contribution in [-0.4, -0.2) is 6.29 Å². The fraction of sp³-hybridized carbons (Fsp3) is 0.842. The van der Waals surface area contributed by atoms with Crippen LogP contribution >= 0.6 is 0 Å². The van der Waals surface area contributed by atoms with E-state index in [4.69, 9.17) is 0 Å². The molecule has 0 saturated carbocycles. The minimum Gasteiger partial charge on any atom is -0.298 e. The molecule has 118 valence electrons. The molecule has 0 aromatic carbocycles. The van der Waals surface area contributed by atoms with E-state index in [1.54, 1.807) is 0 Å². The number of unbranched alkanes of at least 4 members (excludes halogenated alkanes) is 7. The molecule has 0 saturated heterocycles. The highest BCUT2D eigenvalue weighted by Gasteiger charge is 2.06. The first-order valence-electron chi connectivity index (χ1n) is 8.96. The highest BCUT2D eigenvalue weighted by Crippen LogP contribution is 2.23. The summed E-state index contributed by atoms with van der Waals surface area (Å²) in [4.78, 5) is 11.4. The van der Waals surface area contributed by atoms with Crippen LogP contribution in [-0.2, 0) is 4.79 Å². The Labute approximate surface area is 127 Å². The molecule has 1 heteroatoms. The van der Waals surface area contributed by atoms with E-state index in [1.807, 2.05) is 0 Å². The van der Waals surface area contributed by atoms with Crippen molar-refractivity contribution in [3.63, 3.8) is 0 Å². The number of carbonyl (C=O) groups excluding carboxylic acids is 1. The van der Waals surface area contributed by atoms with Crippen molar-refractivity contribution in [2.24, 2.45) is 0 Å². The number of allylic oxidation sites excluding steroid dienone is 2. The zero-order chi connectivity index (χ0) is 15.1. The lowest BCUT2D eigenvalue weighted by molar-refractivity contribution is -0.105. The van der Waals surface area contributed by atoms with E-state index in [9.17, 15) is 4.79 Å². The quantitative estimate of drug-likeness (QED) is 0.199. The second-order valence-electron chi connectivity index (χ2n) is 5.97. The van der Waals surface area contributed by atoms with Gasteiger partial charge in [0.15, 0.2) is 0 Å². The van der Waals surface area contributed by atoms with Crippen molar-refractivity contribution in [3.8, 4) is 0 Å². The maximum absolute atomic E-state index is 11.4. The summed E-state index contributed by atoms with van der Waals surface area (Å²) in [7, 11) is 0. The van der Waals surface area contributed by atoms with Crippen molar-refractivity contribution >= 4 is 6.29 Å². The van der Waals surface area contributed by atoms with E-state index in [1.165, 1.54) is 63.4 Å². The van der Waals surface area contributed by atoms with Gasteiger partial charge >= 0.3 is 0 Å². The van der Waals surface area contributed by atoms with Crippen LogP contribution in [0.4, 0.5) is 0 Å². The normalized spacial score (nSPS) is 10.6. The lowest BCUT2D eigenvalue weighted by Gasteiger charge is -2.12. The number of aldehydes is 1.